The first kappa shape index (κ1) is 23.3. The summed E-state index contributed by atoms with van der Waals surface area (Å²) in [6.45, 7) is 5.95. The van der Waals surface area contributed by atoms with Gasteiger partial charge in [-0.2, -0.15) is 0 Å². The first-order chi connectivity index (χ1) is 15.4. The number of para-hydroxylation sites is 1. The molecule has 1 amide bonds. The van der Waals surface area contributed by atoms with E-state index in [-0.39, 0.29) is 23.4 Å². The summed E-state index contributed by atoms with van der Waals surface area (Å²) in [7, 11) is 0. The molecule has 0 fully saturated rings. The highest BCUT2D eigenvalue weighted by Crippen LogP contribution is 2.34. The van der Waals surface area contributed by atoms with Gasteiger partial charge >= 0.3 is 0 Å². The SMILES string of the molecule is CCC(Oc1ccc(C)cc1C)C(=O)Nc1cc(O)c(NCOc2ccccc2)cc1Cl. The van der Waals surface area contributed by atoms with Crippen LogP contribution in [-0.2, 0) is 4.79 Å². The zero-order chi connectivity index (χ0) is 23.1. The van der Waals surface area contributed by atoms with E-state index in [9.17, 15) is 9.90 Å². The van der Waals surface area contributed by atoms with E-state index in [0.29, 0.717) is 29.3 Å². The Morgan fingerprint density at radius 1 is 1.06 bits per heavy atom. The van der Waals surface area contributed by atoms with Crippen LogP contribution in [0.5, 0.6) is 17.2 Å². The van der Waals surface area contributed by atoms with E-state index in [1.54, 1.807) is 0 Å². The number of benzene rings is 3. The second-order valence-corrected chi connectivity index (χ2v) is 7.81. The largest absolute Gasteiger partial charge is 0.506 e. The lowest BCUT2D eigenvalue weighted by molar-refractivity contribution is -0.122. The van der Waals surface area contributed by atoms with Crippen LogP contribution in [-0.4, -0.2) is 23.8 Å². The van der Waals surface area contributed by atoms with Crippen LogP contribution in [0.3, 0.4) is 0 Å². The lowest BCUT2D eigenvalue weighted by Gasteiger charge is -2.20. The highest BCUT2D eigenvalue weighted by atomic mass is 35.5. The Kier molecular flexibility index (Phi) is 7.84. The van der Waals surface area contributed by atoms with Gasteiger partial charge in [-0.25, -0.2) is 0 Å². The maximum atomic E-state index is 12.8. The molecule has 0 radical (unpaired) electrons. The Labute approximate surface area is 193 Å². The van der Waals surface area contributed by atoms with Gasteiger partial charge in [-0.15, -0.1) is 0 Å². The number of hydrogen-bond donors (Lipinski definition) is 3. The van der Waals surface area contributed by atoms with Crippen LogP contribution in [0.25, 0.3) is 0 Å². The minimum atomic E-state index is -0.702. The minimum Gasteiger partial charge on any atom is -0.506 e. The Morgan fingerprint density at radius 3 is 2.50 bits per heavy atom. The molecule has 7 heteroatoms. The number of aryl methyl sites for hydroxylation is 2. The van der Waals surface area contributed by atoms with Crippen LogP contribution < -0.4 is 20.1 Å². The third kappa shape index (κ3) is 6.08. The zero-order valence-corrected chi connectivity index (χ0v) is 19.1. The molecular weight excluding hydrogens is 428 g/mol. The smallest absolute Gasteiger partial charge is 0.265 e. The first-order valence-corrected chi connectivity index (χ1v) is 10.7. The molecule has 3 rings (SSSR count). The fraction of sp³-hybridized carbons (Fsp3) is 0.240. The Hall–Kier alpha value is -3.38. The molecule has 32 heavy (non-hydrogen) atoms. The van der Waals surface area contributed by atoms with Gasteiger partial charge in [0.15, 0.2) is 12.8 Å². The van der Waals surface area contributed by atoms with Crippen molar-refractivity contribution < 1.29 is 19.4 Å². The van der Waals surface area contributed by atoms with Crippen LogP contribution in [0.4, 0.5) is 11.4 Å². The standard InChI is InChI=1S/C25H27ClN2O4/c1-4-23(32-24-11-10-16(2)12-17(24)3)25(30)28-20-14-22(29)21(13-19(20)26)27-15-31-18-8-6-5-7-9-18/h5-14,23,27,29H,4,15H2,1-3H3,(H,28,30). The van der Waals surface area contributed by atoms with E-state index in [1.165, 1.54) is 12.1 Å². The average molecular weight is 455 g/mol. The highest BCUT2D eigenvalue weighted by Gasteiger charge is 2.21. The van der Waals surface area contributed by atoms with Gasteiger partial charge in [-0.1, -0.05) is 54.4 Å². The third-order valence-electron chi connectivity index (χ3n) is 4.85. The number of rotatable bonds is 9. The number of amides is 1. The van der Waals surface area contributed by atoms with Gasteiger partial charge in [0, 0.05) is 6.07 Å². The maximum absolute atomic E-state index is 12.8. The lowest BCUT2D eigenvalue weighted by atomic mass is 10.1. The molecule has 0 saturated heterocycles. The number of ether oxygens (including phenoxy) is 2. The normalized spacial score (nSPS) is 11.5. The van der Waals surface area contributed by atoms with Crippen molar-refractivity contribution in [2.24, 2.45) is 0 Å². The lowest BCUT2D eigenvalue weighted by Crippen LogP contribution is -2.32. The van der Waals surface area contributed by atoms with Crippen molar-refractivity contribution in [1.29, 1.82) is 0 Å². The number of phenols is 1. The Balaban J connectivity index is 1.64. The van der Waals surface area contributed by atoms with E-state index in [0.717, 1.165) is 11.1 Å². The second kappa shape index (κ2) is 10.8. The number of carbonyl (C=O) groups excluding carboxylic acids is 1. The molecule has 0 aliphatic carbocycles. The Bertz CT molecular complexity index is 1070. The monoisotopic (exact) mass is 454 g/mol. The highest BCUT2D eigenvalue weighted by molar-refractivity contribution is 6.34. The fourth-order valence-corrected chi connectivity index (χ4v) is 3.34. The van der Waals surface area contributed by atoms with Gasteiger partial charge in [0.05, 0.1) is 16.4 Å². The summed E-state index contributed by atoms with van der Waals surface area (Å²) in [5.41, 5.74) is 2.77. The predicted octanol–water partition coefficient (Wildman–Crippen LogP) is 5.91. The molecule has 0 aromatic heterocycles. The molecule has 0 spiro atoms. The predicted molar refractivity (Wildman–Crippen MR) is 128 cm³/mol. The zero-order valence-electron chi connectivity index (χ0n) is 18.3. The van der Waals surface area contributed by atoms with Gasteiger partial charge in [-0.3, -0.25) is 4.79 Å². The molecule has 0 aliphatic heterocycles. The number of nitrogens with one attached hydrogen (secondary N) is 2. The van der Waals surface area contributed by atoms with Gasteiger partial charge in [0.2, 0.25) is 0 Å². The van der Waals surface area contributed by atoms with Gasteiger partial charge < -0.3 is 25.2 Å². The number of hydrogen-bond acceptors (Lipinski definition) is 5. The molecule has 3 aromatic rings. The molecular formula is C25H27ClN2O4. The van der Waals surface area contributed by atoms with Crippen LogP contribution in [0.2, 0.25) is 5.02 Å². The van der Waals surface area contributed by atoms with Crippen molar-refractivity contribution in [2.75, 3.05) is 17.4 Å². The van der Waals surface area contributed by atoms with E-state index >= 15 is 0 Å². The van der Waals surface area contributed by atoms with Crippen molar-refractivity contribution >= 4 is 28.9 Å². The Morgan fingerprint density at radius 2 is 1.81 bits per heavy atom. The summed E-state index contributed by atoms with van der Waals surface area (Å²) < 4.78 is 11.5. The summed E-state index contributed by atoms with van der Waals surface area (Å²) in [5.74, 6) is 0.944. The van der Waals surface area contributed by atoms with Gasteiger partial charge in [-0.05, 0) is 50.1 Å². The average Bonchev–Trinajstić information content (AvgIpc) is 2.77. The number of anilines is 2. The number of halogens is 1. The first-order valence-electron chi connectivity index (χ1n) is 10.4. The topological polar surface area (TPSA) is 79.8 Å². The summed E-state index contributed by atoms with van der Waals surface area (Å²) >= 11 is 6.34. The van der Waals surface area contributed by atoms with Crippen molar-refractivity contribution in [3.63, 3.8) is 0 Å². The van der Waals surface area contributed by atoms with E-state index in [2.05, 4.69) is 10.6 Å². The van der Waals surface area contributed by atoms with Gasteiger partial charge in [0.1, 0.15) is 17.2 Å². The molecule has 1 atom stereocenters. The van der Waals surface area contributed by atoms with E-state index in [1.807, 2.05) is 69.3 Å². The molecule has 3 N–H and O–H groups in total. The second-order valence-electron chi connectivity index (χ2n) is 7.40. The van der Waals surface area contributed by atoms with Crippen LogP contribution in [0.1, 0.15) is 24.5 Å². The molecule has 0 bridgehead atoms. The minimum absolute atomic E-state index is 0.0651. The maximum Gasteiger partial charge on any atom is 0.265 e. The van der Waals surface area contributed by atoms with Crippen molar-refractivity contribution in [3.05, 3.63) is 76.8 Å². The van der Waals surface area contributed by atoms with Crippen LogP contribution >= 0.6 is 11.6 Å². The van der Waals surface area contributed by atoms with Crippen molar-refractivity contribution in [3.8, 4) is 17.2 Å². The van der Waals surface area contributed by atoms with Crippen LogP contribution in [0.15, 0.2) is 60.7 Å². The summed E-state index contributed by atoms with van der Waals surface area (Å²) in [6, 6.07) is 18.0. The molecule has 6 nitrogen and oxygen atoms in total. The number of phenolic OH excluding ortho intramolecular Hbond substituents is 1. The molecule has 0 saturated carbocycles. The van der Waals surface area contributed by atoms with Crippen molar-refractivity contribution in [1.82, 2.24) is 0 Å². The van der Waals surface area contributed by atoms with E-state index < -0.39 is 6.10 Å². The third-order valence-corrected chi connectivity index (χ3v) is 5.16. The summed E-state index contributed by atoms with van der Waals surface area (Å²) in [4.78, 5) is 12.8. The molecule has 0 heterocycles. The van der Waals surface area contributed by atoms with E-state index in [4.69, 9.17) is 21.1 Å². The number of carbonyl (C=O) groups is 1. The van der Waals surface area contributed by atoms with Gasteiger partial charge in [0.25, 0.3) is 5.91 Å². The van der Waals surface area contributed by atoms with Crippen LogP contribution in [0, 0.1) is 13.8 Å². The van der Waals surface area contributed by atoms with Crippen molar-refractivity contribution in [2.45, 2.75) is 33.3 Å². The molecule has 1 unspecified atom stereocenters. The summed E-state index contributed by atoms with van der Waals surface area (Å²) in [5, 5.41) is 16.4. The quantitative estimate of drug-likeness (QED) is 0.277. The fourth-order valence-electron chi connectivity index (χ4n) is 3.13. The molecule has 168 valence electrons. The number of aromatic hydroxyl groups is 1. The molecule has 0 aliphatic rings. The summed E-state index contributed by atoms with van der Waals surface area (Å²) in [6.07, 6.45) is -0.231. The molecule has 3 aromatic carbocycles.